The van der Waals surface area contributed by atoms with Crippen molar-refractivity contribution in [3.63, 3.8) is 0 Å². The van der Waals surface area contributed by atoms with Crippen molar-refractivity contribution in [2.24, 2.45) is 0 Å². The summed E-state index contributed by atoms with van der Waals surface area (Å²) >= 11 is 3.34. The molecule has 0 bridgehead atoms. The van der Waals surface area contributed by atoms with Gasteiger partial charge in [0.2, 0.25) is 0 Å². The minimum atomic E-state index is -0.131. The van der Waals surface area contributed by atoms with Crippen LogP contribution in [0.5, 0.6) is 5.75 Å². The van der Waals surface area contributed by atoms with Crippen LogP contribution < -0.4 is 10.5 Å². The molecule has 0 aromatic heterocycles. The predicted octanol–water partition coefficient (Wildman–Crippen LogP) is 3.66. The highest BCUT2D eigenvalue weighted by Crippen LogP contribution is 2.27. The van der Waals surface area contributed by atoms with Crippen LogP contribution in [-0.2, 0) is 0 Å². The standard InChI is InChI=1S/C15H14BrNO2/c1-2-19-13-5-3-4-12(17)14(13)15(18)10-6-8-11(16)9-7-10/h3-9H,2,17H2,1H3. The van der Waals surface area contributed by atoms with Crippen LogP contribution in [0.3, 0.4) is 0 Å². The van der Waals surface area contributed by atoms with Crippen molar-refractivity contribution in [1.29, 1.82) is 0 Å². The van der Waals surface area contributed by atoms with Crippen molar-refractivity contribution < 1.29 is 9.53 Å². The van der Waals surface area contributed by atoms with Gasteiger partial charge in [-0.05, 0) is 43.3 Å². The van der Waals surface area contributed by atoms with Gasteiger partial charge in [0.25, 0.3) is 0 Å². The summed E-state index contributed by atoms with van der Waals surface area (Å²) in [6.07, 6.45) is 0. The Morgan fingerprint density at radius 3 is 2.53 bits per heavy atom. The van der Waals surface area contributed by atoms with Crippen molar-refractivity contribution >= 4 is 27.4 Å². The van der Waals surface area contributed by atoms with Gasteiger partial charge < -0.3 is 10.5 Å². The molecule has 2 aromatic carbocycles. The summed E-state index contributed by atoms with van der Waals surface area (Å²) in [4.78, 5) is 12.5. The summed E-state index contributed by atoms with van der Waals surface area (Å²) in [5.74, 6) is 0.393. The van der Waals surface area contributed by atoms with E-state index in [0.717, 1.165) is 4.47 Å². The summed E-state index contributed by atoms with van der Waals surface area (Å²) in [6, 6.07) is 12.4. The van der Waals surface area contributed by atoms with Gasteiger partial charge in [-0.15, -0.1) is 0 Å². The molecular formula is C15H14BrNO2. The third-order valence-electron chi connectivity index (χ3n) is 2.69. The third-order valence-corrected chi connectivity index (χ3v) is 3.22. The molecular weight excluding hydrogens is 306 g/mol. The second kappa shape index (κ2) is 5.89. The highest BCUT2D eigenvalue weighted by Gasteiger charge is 2.17. The first-order chi connectivity index (χ1) is 9.13. The Kier molecular flexibility index (Phi) is 4.22. The van der Waals surface area contributed by atoms with Gasteiger partial charge in [-0.2, -0.15) is 0 Å². The van der Waals surface area contributed by atoms with Gasteiger partial charge >= 0.3 is 0 Å². The van der Waals surface area contributed by atoms with Crippen LogP contribution in [0.4, 0.5) is 5.69 Å². The molecule has 0 radical (unpaired) electrons. The van der Waals surface area contributed by atoms with Crippen molar-refractivity contribution in [3.05, 3.63) is 58.1 Å². The monoisotopic (exact) mass is 319 g/mol. The van der Waals surface area contributed by atoms with Crippen LogP contribution in [0.15, 0.2) is 46.9 Å². The highest BCUT2D eigenvalue weighted by molar-refractivity contribution is 9.10. The van der Waals surface area contributed by atoms with E-state index in [1.807, 2.05) is 19.1 Å². The lowest BCUT2D eigenvalue weighted by Gasteiger charge is -2.11. The Bertz CT molecular complexity index is 594. The number of carbonyl (C=O) groups is 1. The van der Waals surface area contributed by atoms with Gasteiger partial charge in [0.15, 0.2) is 5.78 Å². The van der Waals surface area contributed by atoms with E-state index in [1.54, 1.807) is 30.3 Å². The van der Waals surface area contributed by atoms with Crippen molar-refractivity contribution in [3.8, 4) is 5.75 Å². The van der Waals surface area contributed by atoms with E-state index in [2.05, 4.69) is 15.9 Å². The molecule has 19 heavy (non-hydrogen) atoms. The molecule has 0 atom stereocenters. The summed E-state index contributed by atoms with van der Waals surface area (Å²) in [7, 11) is 0. The first-order valence-electron chi connectivity index (χ1n) is 5.95. The number of hydrogen-bond donors (Lipinski definition) is 1. The second-order valence-electron chi connectivity index (χ2n) is 3.99. The molecule has 2 rings (SSSR count). The number of ether oxygens (including phenoxy) is 1. The van der Waals surface area contributed by atoms with E-state index in [0.29, 0.717) is 29.2 Å². The van der Waals surface area contributed by atoms with Crippen LogP contribution in [0, 0.1) is 0 Å². The molecule has 0 spiro atoms. The molecule has 0 aliphatic rings. The fourth-order valence-corrected chi connectivity index (χ4v) is 2.08. The molecule has 3 nitrogen and oxygen atoms in total. The lowest BCUT2D eigenvalue weighted by Crippen LogP contribution is -2.08. The van der Waals surface area contributed by atoms with Gasteiger partial charge in [0.05, 0.1) is 12.2 Å². The number of halogens is 1. The van der Waals surface area contributed by atoms with Gasteiger partial charge in [0, 0.05) is 15.7 Å². The highest BCUT2D eigenvalue weighted by atomic mass is 79.9. The minimum Gasteiger partial charge on any atom is -0.493 e. The average molecular weight is 320 g/mol. The summed E-state index contributed by atoms with van der Waals surface area (Å²) in [5.41, 5.74) is 7.35. The molecule has 4 heteroatoms. The van der Waals surface area contributed by atoms with Crippen molar-refractivity contribution in [2.45, 2.75) is 6.92 Å². The van der Waals surface area contributed by atoms with Crippen LogP contribution in [0.1, 0.15) is 22.8 Å². The molecule has 0 unspecified atom stereocenters. The molecule has 98 valence electrons. The zero-order valence-electron chi connectivity index (χ0n) is 10.5. The number of nitrogens with two attached hydrogens (primary N) is 1. The fraction of sp³-hybridized carbons (Fsp3) is 0.133. The molecule has 0 amide bonds. The van der Waals surface area contributed by atoms with Gasteiger partial charge in [-0.25, -0.2) is 0 Å². The van der Waals surface area contributed by atoms with E-state index < -0.39 is 0 Å². The Morgan fingerprint density at radius 2 is 1.89 bits per heavy atom. The number of hydrogen-bond acceptors (Lipinski definition) is 3. The first kappa shape index (κ1) is 13.6. The molecule has 0 saturated heterocycles. The number of nitrogen functional groups attached to an aromatic ring is 1. The topological polar surface area (TPSA) is 52.3 Å². The molecule has 0 aliphatic carbocycles. The maximum absolute atomic E-state index is 12.5. The zero-order chi connectivity index (χ0) is 13.8. The Balaban J connectivity index is 2.46. The number of ketones is 1. The summed E-state index contributed by atoms with van der Waals surface area (Å²) in [6.45, 7) is 2.36. The number of carbonyl (C=O) groups excluding carboxylic acids is 1. The van der Waals surface area contributed by atoms with Gasteiger partial charge in [-0.3, -0.25) is 4.79 Å². The summed E-state index contributed by atoms with van der Waals surface area (Å²) in [5, 5.41) is 0. The third kappa shape index (κ3) is 2.96. The number of benzene rings is 2. The minimum absolute atomic E-state index is 0.131. The molecule has 2 aromatic rings. The van der Waals surface area contributed by atoms with Gasteiger partial charge in [0.1, 0.15) is 5.75 Å². The zero-order valence-corrected chi connectivity index (χ0v) is 12.1. The SMILES string of the molecule is CCOc1cccc(N)c1C(=O)c1ccc(Br)cc1. The summed E-state index contributed by atoms with van der Waals surface area (Å²) < 4.78 is 6.40. The Hall–Kier alpha value is -1.81. The van der Waals surface area contributed by atoms with Crippen molar-refractivity contribution in [2.75, 3.05) is 12.3 Å². The quantitative estimate of drug-likeness (QED) is 0.691. The van der Waals surface area contributed by atoms with E-state index in [-0.39, 0.29) is 5.78 Å². The maximum atomic E-state index is 12.5. The number of anilines is 1. The van der Waals surface area contributed by atoms with Crippen LogP contribution in [0.25, 0.3) is 0 Å². The Morgan fingerprint density at radius 1 is 1.21 bits per heavy atom. The maximum Gasteiger partial charge on any atom is 0.198 e. The molecule has 0 heterocycles. The molecule has 0 aliphatic heterocycles. The largest absolute Gasteiger partial charge is 0.493 e. The van der Waals surface area contributed by atoms with Crippen LogP contribution in [-0.4, -0.2) is 12.4 Å². The predicted molar refractivity (Wildman–Crippen MR) is 79.6 cm³/mol. The molecule has 0 saturated carbocycles. The average Bonchev–Trinajstić information content (AvgIpc) is 2.39. The molecule has 0 fully saturated rings. The van der Waals surface area contributed by atoms with E-state index in [1.165, 1.54) is 0 Å². The van der Waals surface area contributed by atoms with E-state index in [4.69, 9.17) is 10.5 Å². The second-order valence-corrected chi connectivity index (χ2v) is 4.91. The van der Waals surface area contributed by atoms with Crippen LogP contribution in [0.2, 0.25) is 0 Å². The van der Waals surface area contributed by atoms with E-state index in [9.17, 15) is 4.79 Å². The normalized spacial score (nSPS) is 10.2. The smallest absolute Gasteiger partial charge is 0.198 e. The van der Waals surface area contributed by atoms with Gasteiger partial charge in [-0.1, -0.05) is 22.0 Å². The first-order valence-corrected chi connectivity index (χ1v) is 6.74. The lowest BCUT2D eigenvalue weighted by atomic mass is 10.0. The van der Waals surface area contributed by atoms with Crippen molar-refractivity contribution in [1.82, 2.24) is 0 Å². The number of rotatable bonds is 4. The Labute approximate surface area is 120 Å². The van der Waals surface area contributed by atoms with E-state index >= 15 is 0 Å². The molecule has 2 N–H and O–H groups in total. The fourth-order valence-electron chi connectivity index (χ4n) is 1.81. The lowest BCUT2D eigenvalue weighted by molar-refractivity contribution is 0.103. The van der Waals surface area contributed by atoms with Crippen LogP contribution >= 0.6 is 15.9 Å².